The molecule has 1 saturated heterocycles. The largest absolute Gasteiger partial charge is 0.480 e. The molecule has 0 saturated carbocycles. The van der Waals surface area contributed by atoms with E-state index in [4.69, 9.17) is 9.47 Å². The van der Waals surface area contributed by atoms with Crippen molar-refractivity contribution in [2.75, 3.05) is 20.3 Å². The van der Waals surface area contributed by atoms with E-state index in [1.807, 2.05) is 50.2 Å². The lowest BCUT2D eigenvalue weighted by atomic mass is 9.97. The predicted molar refractivity (Wildman–Crippen MR) is 130 cm³/mol. The lowest BCUT2D eigenvalue weighted by molar-refractivity contribution is -0.149. The molecule has 4 rings (SSSR count). The second kappa shape index (κ2) is 10.1. The number of carboxylic acid groups (broad SMARTS) is 1. The first-order valence-electron chi connectivity index (χ1n) is 11.9. The molecule has 1 aliphatic carbocycles. The number of ether oxygens (including phenoxy) is 2. The second-order valence-electron chi connectivity index (χ2n) is 9.72. The van der Waals surface area contributed by atoms with Gasteiger partial charge in [-0.05, 0) is 48.9 Å². The molecular formula is C27H32N2O6. The minimum absolute atomic E-state index is 0.104. The number of nitrogens with one attached hydrogen (secondary N) is 1. The van der Waals surface area contributed by atoms with E-state index in [-0.39, 0.29) is 18.9 Å². The summed E-state index contributed by atoms with van der Waals surface area (Å²) in [6.45, 7) is 4.08. The molecule has 2 aromatic carbocycles. The van der Waals surface area contributed by atoms with E-state index in [9.17, 15) is 19.5 Å². The van der Waals surface area contributed by atoms with Gasteiger partial charge in [0.2, 0.25) is 5.91 Å². The van der Waals surface area contributed by atoms with Crippen LogP contribution in [0.2, 0.25) is 0 Å². The highest BCUT2D eigenvalue weighted by atomic mass is 16.5. The van der Waals surface area contributed by atoms with Crippen LogP contribution in [-0.2, 0) is 19.1 Å². The van der Waals surface area contributed by atoms with Crippen molar-refractivity contribution in [2.45, 2.75) is 56.7 Å². The molecule has 1 unspecified atom stereocenters. The fraction of sp³-hybridized carbons (Fsp3) is 0.444. The number of rotatable bonds is 8. The lowest BCUT2D eigenvalue weighted by Crippen LogP contribution is -2.54. The maximum atomic E-state index is 13.3. The number of methoxy groups -OCH3 is 1. The monoisotopic (exact) mass is 480 g/mol. The molecule has 35 heavy (non-hydrogen) atoms. The fourth-order valence-corrected chi connectivity index (χ4v) is 5.04. The summed E-state index contributed by atoms with van der Waals surface area (Å²) in [6, 6.07) is 14.2. The molecule has 2 aromatic rings. The Morgan fingerprint density at radius 2 is 1.69 bits per heavy atom. The molecule has 0 bridgehead atoms. The average molecular weight is 481 g/mol. The summed E-state index contributed by atoms with van der Waals surface area (Å²) in [6.07, 6.45) is 0.457. The third kappa shape index (κ3) is 5.17. The minimum Gasteiger partial charge on any atom is -0.480 e. The van der Waals surface area contributed by atoms with Gasteiger partial charge < -0.3 is 24.8 Å². The van der Waals surface area contributed by atoms with E-state index in [0.29, 0.717) is 19.4 Å². The van der Waals surface area contributed by atoms with Gasteiger partial charge in [-0.15, -0.1) is 0 Å². The Morgan fingerprint density at radius 1 is 1.09 bits per heavy atom. The van der Waals surface area contributed by atoms with E-state index in [0.717, 1.165) is 22.3 Å². The number of hydrogen-bond donors (Lipinski definition) is 2. The zero-order chi connectivity index (χ0) is 25.2. The van der Waals surface area contributed by atoms with Gasteiger partial charge in [-0.25, -0.2) is 9.59 Å². The Balaban J connectivity index is 1.48. The Morgan fingerprint density at radius 3 is 2.26 bits per heavy atom. The van der Waals surface area contributed by atoms with Crippen molar-refractivity contribution in [3.05, 3.63) is 59.7 Å². The molecule has 186 valence electrons. The Bertz CT molecular complexity index is 1070. The molecule has 8 heteroatoms. The van der Waals surface area contributed by atoms with Crippen molar-refractivity contribution in [3.63, 3.8) is 0 Å². The molecule has 8 nitrogen and oxygen atoms in total. The molecule has 0 radical (unpaired) electrons. The SMILES string of the molecule is COC(C)(C)CC(NC(=O)OCC1c2ccccc2-c2ccccc21)C(=O)N1CCC[C@@H]1C(=O)O. The molecule has 2 amide bonds. The van der Waals surface area contributed by atoms with Gasteiger partial charge in [0.1, 0.15) is 18.7 Å². The molecule has 2 aliphatic rings. The maximum absolute atomic E-state index is 13.3. The van der Waals surface area contributed by atoms with Gasteiger partial charge in [-0.1, -0.05) is 48.5 Å². The normalized spacial score (nSPS) is 18.0. The number of hydrogen-bond acceptors (Lipinski definition) is 5. The van der Waals surface area contributed by atoms with Crippen molar-refractivity contribution in [1.82, 2.24) is 10.2 Å². The standard InChI is InChI=1S/C27H32N2O6/c1-27(2,34-3)15-22(24(30)29-14-8-13-23(29)25(31)32)28-26(33)35-16-21-19-11-6-4-9-17(19)18-10-5-7-12-20(18)21/h4-7,9-12,21-23H,8,13-16H2,1-3H3,(H,28,33)(H,31,32)/t22?,23-/m1/s1. The van der Waals surface area contributed by atoms with Crippen LogP contribution >= 0.6 is 0 Å². The van der Waals surface area contributed by atoms with Crippen molar-refractivity contribution in [3.8, 4) is 11.1 Å². The maximum Gasteiger partial charge on any atom is 0.407 e. The highest BCUT2D eigenvalue weighted by molar-refractivity contribution is 5.90. The number of carbonyl (C=O) groups excluding carboxylic acids is 2. The first kappa shape index (κ1) is 24.7. The Labute approximate surface area is 205 Å². The van der Waals surface area contributed by atoms with Crippen LogP contribution in [-0.4, -0.2) is 65.9 Å². The number of amides is 2. The number of nitrogens with zero attached hydrogens (tertiary/aromatic N) is 1. The first-order chi connectivity index (χ1) is 16.7. The van der Waals surface area contributed by atoms with E-state index in [2.05, 4.69) is 17.4 Å². The van der Waals surface area contributed by atoms with Gasteiger partial charge in [-0.2, -0.15) is 0 Å². The zero-order valence-electron chi connectivity index (χ0n) is 20.3. The van der Waals surface area contributed by atoms with Crippen LogP contribution in [0, 0.1) is 0 Å². The number of alkyl carbamates (subject to hydrolysis) is 1. The highest BCUT2D eigenvalue weighted by Crippen LogP contribution is 2.44. The van der Waals surface area contributed by atoms with Crippen molar-refractivity contribution in [1.29, 1.82) is 0 Å². The van der Waals surface area contributed by atoms with Crippen molar-refractivity contribution < 1.29 is 29.0 Å². The molecule has 0 aromatic heterocycles. The predicted octanol–water partition coefficient (Wildman–Crippen LogP) is 3.78. The molecular weight excluding hydrogens is 448 g/mol. The topological polar surface area (TPSA) is 105 Å². The van der Waals surface area contributed by atoms with Crippen LogP contribution in [0.4, 0.5) is 4.79 Å². The molecule has 0 spiro atoms. The van der Waals surface area contributed by atoms with Gasteiger partial charge in [0.25, 0.3) is 0 Å². The number of aliphatic carboxylic acids is 1. The molecule has 2 N–H and O–H groups in total. The van der Waals surface area contributed by atoms with E-state index in [1.54, 1.807) is 0 Å². The minimum atomic E-state index is -1.04. The van der Waals surface area contributed by atoms with Crippen LogP contribution in [0.15, 0.2) is 48.5 Å². The summed E-state index contributed by atoms with van der Waals surface area (Å²) in [5.74, 6) is -1.58. The fourth-order valence-electron chi connectivity index (χ4n) is 5.04. The lowest BCUT2D eigenvalue weighted by Gasteiger charge is -2.32. The molecule has 2 atom stereocenters. The molecule has 1 heterocycles. The number of carbonyl (C=O) groups is 3. The summed E-state index contributed by atoms with van der Waals surface area (Å²) in [4.78, 5) is 39.2. The van der Waals surface area contributed by atoms with Crippen LogP contribution in [0.25, 0.3) is 11.1 Å². The van der Waals surface area contributed by atoms with Crippen LogP contribution in [0.1, 0.15) is 50.2 Å². The van der Waals surface area contributed by atoms with E-state index >= 15 is 0 Å². The van der Waals surface area contributed by atoms with E-state index in [1.165, 1.54) is 12.0 Å². The molecule has 1 aliphatic heterocycles. The van der Waals surface area contributed by atoms with Crippen molar-refractivity contribution >= 4 is 18.0 Å². The third-order valence-corrected chi connectivity index (χ3v) is 7.00. The van der Waals surface area contributed by atoms with Gasteiger partial charge in [0.05, 0.1) is 5.60 Å². The number of carboxylic acids is 1. The number of benzene rings is 2. The smallest absolute Gasteiger partial charge is 0.407 e. The van der Waals surface area contributed by atoms with Crippen LogP contribution in [0.5, 0.6) is 0 Å². The van der Waals surface area contributed by atoms with Gasteiger partial charge in [0, 0.05) is 26.0 Å². The highest BCUT2D eigenvalue weighted by Gasteiger charge is 2.40. The van der Waals surface area contributed by atoms with Gasteiger partial charge >= 0.3 is 12.1 Å². The summed E-state index contributed by atoms with van der Waals surface area (Å²) in [5, 5.41) is 12.2. The number of likely N-dealkylation sites (tertiary alicyclic amines) is 1. The molecule has 1 fully saturated rings. The summed E-state index contributed by atoms with van der Waals surface area (Å²) < 4.78 is 11.1. The summed E-state index contributed by atoms with van der Waals surface area (Å²) >= 11 is 0. The van der Waals surface area contributed by atoms with Gasteiger partial charge in [0.15, 0.2) is 0 Å². The van der Waals surface area contributed by atoms with Gasteiger partial charge in [-0.3, -0.25) is 4.79 Å². The Kier molecular flexibility index (Phi) is 7.12. The third-order valence-electron chi connectivity index (χ3n) is 7.00. The van der Waals surface area contributed by atoms with E-state index < -0.39 is 35.7 Å². The summed E-state index contributed by atoms with van der Waals surface area (Å²) in [7, 11) is 1.53. The zero-order valence-corrected chi connectivity index (χ0v) is 20.3. The quantitative estimate of drug-likeness (QED) is 0.596. The summed E-state index contributed by atoms with van der Waals surface area (Å²) in [5.41, 5.74) is 3.73. The Hall–Kier alpha value is -3.39. The van der Waals surface area contributed by atoms with Crippen LogP contribution < -0.4 is 5.32 Å². The van der Waals surface area contributed by atoms with Crippen molar-refractivity contribution in [2.24, 2.45) is 0 Å². The first-order valence-corrected chi connectivity index (χ1v) is 11.9. The average Bonchev–Trinajstić information content (AvgIpc) is 3.45. The second-order valence-corrected chi connectivity index (χ2v) is 9.72. The number of fused-ring (bicyclic) bond motifs is 3. The van der Waals surface area contributed by atoms with Crippen LogP contribution in [0.3, 0.4) is 0 Å².